The third kappa shape index (κ3) is 4.78. The third-order valence-corrected chi connectivity index (χ3v) is 6.03. The number of hydrogen-bond donors (Lipinski definition) is 2. The molecule has 0 atom stereocenters. The first-order valence-corrected chi connectivity index (χ1v) is 11.4. The average Bonchev–Trinajstić information content (AvgIpc) is 2.90. The van der Waals surface area contributed by atoms with Crippen LogP contribution in [0.3, 0.4) is 0 Å². The molecule has 0 aliphatic carbocycles. The monoisotopic (exact) mass is 490 g/mol. The molecule has 2 heterocycles. The highest BCUT2D eigenvalue weighted by molar-refractivity contribution is 6.12. The van der Waals surface area contributed by atoms with Crippen LogP contribution >= 0.6 is 0 Å². The largest absolute Gasteiger partial charge is 0.368 e. The maximum Gasteiger partial charge on any atom is 0.255 e. The summed E-state index contributed by atoms with van der Waals surface area (Å²) in [5, 5.41) is 6.36. The fraction of sp³-hybridized carbons (Fsp3) is 0.148. The number of hydrogen-bond acceptors (Lipinski definition) is 5. The van der Waals surface area contributed by atoms with Gasteiger partial charge in [-0.25, -0.2) is 13.2 Å². The number of nitrogens with one attached hydrogen (secondary N) is 2. The van der Waals surface area contributed by atoms with E-state index < -0.39 is 34.7 Å². The van der Waals surface area contributed by atoms with Crippen molar-refractivity contribution in [1.29, 1.82) is 0 Å². The maximum absolute atomic E-state index is 14.7. The van der Waals surface area contributed by atoms with Crippen molar-refractivity contribution in [1.82, 2.24) is 10.3 Å². The highest BCUT2D eigenvalue weighted by Gasteiger charge is 2.21. The lowest BCUT2D eigenvalue weighted by atomic mass is 10.00. The number of carbonyl (C=O) groups excluding carboxylic acids is 2. The Bertz CT molecular complexity index is 1490. The Hall–Kier alpha value is -4.24. The second-order valence-electron chi connectivity index (χ2n) is 8.45. The predicted octanol–water partition coefficient (Wildman–Crippen LogP) is 4.55. The normalized spacial score (nSPS) is 13.6. The Kier molecular flexibility index (Phi) is 6.39. The van der Waals surface area contributed by atoms with Crippen molar-refractivity contribution in [2.45, 2.75) is 0 Å². The first-order chi connectivity index (χ1) is 17.4. The molecule has 0 unspecified atom stereocenters. The average molecular weight is 490 g/mol. The van der Waals surface area contributed by atoms with E-state index in [1.807, 2.05) is 6.07 Å². The molecule has 36 heavy (non-hydrogen) atoms. The Morgan fingerprint density at radius 1 is 0.917 bits per heavy atom. The Morgan fingerprint density at radius 3 is 2.50 bits per heavy atom. The molecular formula is C27H21F3N4O2. The number of halogens is 3. The summed E-state index contributed by atoms with van der Waals surface area (Å²) in [6.07, 6.45) is 1.77. The molecule has 0 bridgehead atoms. The summed E-state index contributed by atoms with van der Waals surface area (Å²) < 4.78 is 42.5. The molecule has 1 aromatic heterocycles. The van der Waals surface area contributed by atoms with Crippen LogP contribution in [0.5, 0.6) is 0 Å². The molecule has 182 valence electrons. The Morgan fingerprint density at radius 2 is 1.72 bits per heavy atom. The zero-order chi connectivity index (χ0) is 25.2. The minimum absolute atomic E-state index is 0.00469. The van der Waals surface area contributed by atoms with Gasteiger partial charge in [0.1, 0.15) is 5.82 Å². The minimum atomic E-state index is -1.32. The van der Waals surface area contributed by atoms with Crippen LogP contribution in [0, 0.1) is 17.5 Å². The van der Waals surface area contributed by atoms with Crippen LogP contribution in [0.4, 0.5) is 24.5 Å². The number of rotatable bonds is 5. The number of amides is 1. The standard InChI is InChI=1S/C27H21F3N4O2/c28-19-3-1-2-17(11-19)27(36)33-20-13-22(25(30)23(29)14-20)26(35)16-4-5-24-18(10-16)12-21(15-32-24)34-8-6-31-7-9-34/h1-5,10-15,31H,6-9H2,(H,33,36). The fourth-order valence-electron chi connectivity index (χ4n) is 4.17. The van der Waals surface area contributed by atoms with Crippen LogP contribution in [0.1, 0.15) is 26.3 Å². The van der Waals surface area contributed by atoms with Crippen molar-refractivity contribution in [3.8, 4) is 0 Å². The van der Waals surface area contributed by atoms with Crippen molar-refractivity contribution < 1.29 is 22.8 Å². The molecule has 0 radical (unpaired) electrons. The minimum Gasteiger partial charge on any atom is -0.368 e. The van der Waals surface area contributed by atoms with Gasteiger partial charge in [0.2, 0.25) is 0 Å². The lowest BCUT2D eigenvalue weighted by molar-refractivity contribution is 0.101. The second-order valence-corrected chi connectivity index (χ2v) is 8.45. The van der Waals surface area contributed by atoms with E-state index in [9.17, 15) is 22.8 Å². The van der Waals surface area contributed by atoms with Crippen LogP contribution in [0.25, 0.3) is 10.9 Å². The number of nitrogens with zero attached hydrogens (tertiary/aromatic N) is 2. The summed E-state index contributed by atoms with van der Waals surface area (Å²) in [5.41, 5.74) is 1.05. The van der Waals surface area contributed by atoms with Crippen LogP contribution < -0.4 is 15.5 Å². The number of benzene rings is 3. The van der Waals surface area contributed by atoms with E-state index in [4.69, 9.17) is 0 Å². The fourth-order valence-corrected chi connectivity index (χ4v) is 4.17. The summed E-state index contributed by atoms with van der Waals surface area (Å²) in [6.45, 7) is 3.36. The van der Waals surface area contributed by atoms with Crippen molar-refractivity contribution in [3.05, 3.63) is 101 Å². The molecule has 5 rings (SSSR count). The van der Waals surface area contributed by atoms with Gasteiger partial charge in [-0.05, 0) is 48.5 Å². The van der Waals surface area contributed by atoms with Gasteiger partial charge in [0.05, 0.1) is 23.0 Å². The molecule has 6 nitrogen and oxygen atoms in total. The van der Waals surface area contributed by atoms with Gasteiger partial charge in [0.15, 0.2) is 17.4 Å². The van der Waals surface area contributed by atoms with Crippen molar-refractivity contribution in [3.63, 3.8) is 0 Å². The van der Waals surface area contributed by atoms with Crippen molar-refractivity contribution in [2.24, 2.45) is 0 Å². The van der Waals surface area contributed by atoms with Gasteiger partial charge in [0.25, 0.3) is 5.91 Å². The van der Waals surface area contributed by atoms with E-state index in [1.165, 1.54) is 24.3 Å². The lowest BCUT2D eigenvalue weighted by Gasteiger charge is -2.29. The van der Waals surface area contributed by atoms with Crippen LogP contribution in [0.2, 0.25) is 0 Å². The molecule has 1 aliphatic heterocycles. The smallest absolute Gasteiger partial charge is 0.255 e. The Labute approximate surface area is 204 Å². The molecule has 0 spiro atoms. The summed E-state index contributed by atoms with van der Waals surface area (Å²) in [4.78, 5) is 32.3. The van der Waals surface area contributed by atoms with Gasteiger partial charge < -0.3 is 15.5 Å². The molecule has 1 amide bonds. The van der Waals surface area contributed by atoms with E-state index in [0.717, 1.165) is 50.1 Å². The van der Waals surface area contributed by atoms with Gasteiger partial charge in [-0.15, -0.1) is 0 Å². The lowest BCUT2D eigenvalue weighted by Crippen LogP contribution is -2.43. The molecule has 9 heteroatoms. The number of carbonyl (C=O) groups is 2. The van der Waals surface area contributed by atoms with Gasteiger partial charge in [-0.1, -0.05) is 6.07 Å². The molecule has 1 fully saturated rings. The number of piperazine rings is 1. The van der Waals surface area contributed by atoms with Crippen molar-refractivity contribution >= 4 is 34.0 Å². The van der Waals surface area contributed by atoms with Crippen LogP contribution in [-0.2, 0) is 0 Å². The highest BCUT2D eigenvalue weighted by atomic mass is 19.2. The number of pyridine rings is 1. The molecule has 1 saturated heterocycles. The SMILES string of the molecule is O=C(Nc1cc(F)c(F)c(C(=O)c2ccc3ncc(N4CCNCC4)cc3c2)c1)c1cccc(F)c1. The molecular weight excluding hydrogens is 469 g/mol. The first kappa shape index (κ1) is 23.5. The summed E-state index contributed by atoms with van der Waals surface area (Å²) in [7, 11) is 0. The van der Waals surface area contributed by atoms with Crippen molar-refractivity contribution in [2.75, 3.05) is 36.4 Å². The molecule has 1 aliphatic rings. The molecule has 4 aromatic rings. The number of anilines is 2. The van der Waals surface area contributed by atoms with E-state index in [-0.39, 0.29) is 16.8 Å². The van der Waals surface area contributed by atoms with E-state index in [2.05, 4.69) is 20.5 Å². The van der Waals surface area contributed by atoms with E-state index in [1.54, 1.807) is 18.3 Å². The number of ketones is 1. The summed E-state index contributed by atoms with van der Waals surface area (Å²) >= 11 is 0. The number of fused-ring (bicyclic) bond motifs is 1. The van der Waals surface area contributed by atoms with Gasteiger partial charge in [-0.3, -0.25) is 14.6 Å². The van der Waals surface area contributed by atoms with Crippen LogP contribution in [-0.4, -0.2) is 42.9 Å². The van der Waals surface area contributed by atoms with Gasteiger partial charge in [0, 0.05) is 54.4 Å². The molecule has 0 saturated carbocycles. The Balaban J connectivity index is 1.45. The topological polar surface area (TPSA) is 74.3 Å². The zero-order valence-electron chi connectivity index (χ0n) is 19.0. The summed E-state index contributed by atoms with van der Waals surface area (Å²) in [6, 6.07) is 13.4. The number of aromatic nitrogens is 1. The van der Waals surface area contributed by atoms with E-state index >= 15 is 0 Å². The first-order valence-electron chi connectivity index (χ1n) is 11.4. The van der Waals surface area contributed by atoms with Gasteiger partial charge in [-0.2, -0.15) is 0 Å². The molecule has 2 N–H and O–H groups in total. The molecule has 3 aromatic carbocycles. The third-order valence-electron chi connectivity index (χ3n) is 6.03. The van der Waals surface area contributed by atoms with Gasteiger partial charge >= 0.3 is 0 Å². The second kappa shape index (κ2) is 9.79. The predicted molar refractivity (Wildman–Crippen MR) is 131 cm³/mol. The quantitative estimate of drug-likeness (QED) is 0.402. The highest BCUT2D eigenvalue weighted by Crippen LogP contribution is 2.26. The van der Waals surface area contributed by atoms with Crippen LogP contribution in [0.15, 0.2) is 66.9 Å². The maximum atomic E-state index is 14.7. The summed E-state index contributed by atoms with van der Waals surface area (Å²) in [5.74, 6) is -4.70. The zero-order valence-corrected chi connectivity index (χ0v) is 19.0. The van der Waals surface area contributed by atoms with E-state index in [0.29, 0.717) is 10.9 Å².